The highest BCUT2D eigenvalue weighted by Gasteiger charge is 2.09. The minimum Gasteiger partial charge on any atom is -0.376 e. The van der Waals surface area contributed by atoms with Crippen LogP contribution in [-0.4, -0.2) is 11.0 Å². The van der Waals surface area contributed by atoms with Crippen molar-refractivity contribution in [2.75, 3.05) is 10.6 Å². The lowest BCUT2D eigenvalue weighted by Crippen LogP contribution is -2.19. The normalized spacial score (nSPS) is 11.8. The maximum atomic E-state index is 10.8. The van der Waals surface area contributed by atoms with Gasteiger partial charge in [-0.05, 0) is 46.6 Å². The highest BCUT2D eigenvalue weighted by molar-refractivity contribution is 9.10. The number of nitrogens with two attached hydrogens (primary N) is 1. The van der Waals surface area contributed by atoms with Crippen LogP contribution in [0.1, 0.15) is 18.5 Å². The summed E-state index contributed by atoms with van der Waals surface area (Å²) in [6, 6.07) is 8.71. The second-order valence-electron chi connectivity index (χ2n) is 4.47. The van der Waals surface area contributed by atoms with Gasteiger partial charge in [-0.2, -0.15) is 0 Å². The summed E-state index contributed by atoms with van der Waals surface area (Å²) in [4.78, 5) is 14.8. The molecule has 21 heavy (non-hydrogen) atoms. The molecule has 0 spiro atoms. The van der Waals surface area contributed by atoms with Gasteiger partial charge in [-0.1, -0.05) is 23.7 Å². The van der Waals surface area contributed by atoms with Gasteiger partial charge in [0.05, 0.1) is 5.69 Å². The van der Waals surface area contributed by atoms with Crippen LogP contribution in [-0.2, 0) is 0 Å². The Morgan fingerprint density at radius 2 is 2.05 bits per heavy atom. The number of aromatic nitrogens is 1. The summed E-state index contributed by atoms with van der Waals surface area (Å²) >= 11 is 9.42. The number of pyridine rings is 1. The van der Waals surface area contributed by atoms with Gasteiger partial charge in [0.25, 0.3) is 0 Å². The zero-order valence-corrected chi connectivity index (χ0v) is 13.6. The van der Waals surface area contributed by atoms with E-state index in [0.29, 0.717) is 10.8 Å². The predicted molar refractivity (Wildman–Crippen MR) is 88.6 cm³/mol. The molecular formula is C14H14BrClN4O. The average molecular weight is 370 g/mol. The van der Waals surface area contributed by atoms with Crippen molar-refractivity contribution in [1.82, 2.24) is 4.98 Å². The second-order valence-corrected chi connectivity index (χ2v) is 5.74. The number of benzene rings is 1. The van der Waals surface area contributed by atoms with Gasteiger partial charge in [0.1, 0.15) is 0 Å². The number of hydrogen-bond donors (Lipinski definition) is 3. The van der Waals surface area contributed by atoms with Crippen LogP contribution in [0, 0.1) is 0 Å². The Kier molecular flexibility index (Phi) is 5.03. The van der Waals surface area contributed by atoms with Crippen LogP contribution in [0.15, 0.2) is 41.0 Å². The molecule has 1 aromatic heterocycles. The highest BCUT2D eigenvalue weighted by atomic mass is 79.9. The molecule has 1 aromatic carbocycles. The van der Waals surface area contributed by atoms with Crippen LogP contribution in [0.4, 0.5) is 16.2 Å². The van der Waals surface area contributed by atoms with Gasteiger partial charge in [-0.25, -0.2) is 9.78 Å². The van der Waals surface area contributed by atoms with E-state index in [2.05, 4.69) is 31.5 Å². The van der Waals surface area contributed by atoms with Gasteiger partial charge in [0.2, 0.25) is 0 Å². The predicted octanol–water partition coefficient (Wildman–Crippen LogP) is 4.16. The summed E-state index contributed by atoms with van der Waals surface area (Å²) in [6.07, 6.45) is 1.64. The van der Waals surface area contributed by atoms with E-state index in [-0.39, 0.29) is 6.04 Å². The Balaban J connectivity index is 2.11. The summed E-state index contributed by atoms with van der Waals surface area (Å²) in [6.45, 7) is 2.01. The highest BCUT2D eigenvalue weighted by Crippen LogP contribution is 2.27. The maximum absolute atomic E-state index is 10.8. The summed E-state index contributed by atoms with van der Waals surface area (Å²) in [5, 5.41) is 6.22. The van der Waals surface area contributed by atoms with E-state index in [0.717, 1.165) is 15.7 Å². The maximum Gasteiger partial charge on any atom is 0.316 e. The van der Waals surface area contributed by atoms with Crippen LogP contribution in [0.25, 0.3) is 0 Å². The molecule has 2 rings (SSSR count). The monoisotopic (exact) mass is 368 g/mol. The molecule has 0 bridgehead atoms. The van der Waals surface area contributed by atoms with Crippen molar-refractivity contribution < 1.29 is 4.79 Å². The van der Waals surface area contributed by atoms with E-state index in [1.54, 1.807) is 18.3 Å². The molecule has 0 aliphatic heterocycles. The molecule has 0 saturated heterocycles. The molecule has 7 heteroatoms. The number of halogens is 2. The largest absolute Gasteiger partial charge is 0.376 e. The summed E-state index contributed by atoms with van der Waals surface area (Å²) < 4.78 is 0.850. The first-order valence-corrected chi connectivity index (χ1v) is 7.37. The minimum absolute atomic E-state index is 0.0289. The zero-order chi connectivity index (χ0) is 15.4. The third-order valence-corrected chi connectivity index (χ3v) is 3.59. The number of hydrogen-bond acceptors (Lipinski definition) is 3. The average Bonchev–Trinajstić information content (AvgIpc) is 2.43. The van der Waals surface area contributed by atoms with Crippen molar-refractivity contribution in [3.8, 4) is 0 Å². The smallest absolute Gasteiger partial charge is 0.316 e. The van der Waals surface area contributed by atoms with E-state index in [1.165, 1.54) is 0 Å². The van der Waals surface area contributed by atoms with Crippen molar-refractivity contribution in [2.24, 2.45) is 5.73 Å². The van der Waals surface area contributed by atoms with Gasteiger partial charge >= 0.3 is 6.03 Å². The van der Waals surface area contributed by atoms with Crippen molar-refractivity contribution >= 4 is 44.9 Å². The van der Waals surface area contributed by atoms with Crippen LogP contribution in [0.2, 0.25) is 5.15 Å². The van der Waals surface area contributed by atoms with Crippen molar-refractivity contribution in [3.05, 3.63) is 51.7 Å². The fraction of sp³-hybridized carbons (Fsp3) is 0.143. The fourth-order valence-corrected chi connectivity index (χ4v) is 2.33. The second kappa shape index (κ2) is 6.78. The molecule has 2 aromatic rings. The number of rotatable bonds is 4. The lowest BCUT2D eigenvalue weighted by molar-refractivity contribution is 0.259. The Hall–Kier alpha value is -1.79. The summed E-state index contributed by atoms with van der Waals surface area (Å²) in [5.41, 5.74) is 7.51. The van der Waals surface area contributed by atoms with Crippen LogP contribution >= 0.6 is 27.5 Å². The van der Waals surface area contributed by atoms with E-state index in [4.69, 9.17) is 17.3 Å². The molecule has 0 aliphatic carbocycles. The summed E-state index contributed by atoms with van der Waals surface area (Å²) in [7, 11) is 0. The first kappa shape index (κ1) is 15.6. The van der Waals surface area contributed by atoms with Crippen LogP contribution in [0.5, 0.6) is 0 Å². The molecule has 1 heterocycles. The number of nitrogens with zero attached hydrogens (tertiary/aromatic N) is 1. The van der Waals surface area contributed by atoms with Crippen LogP contribution < -0.4 is 16.4 Å². The number of carbonyl (C=O) groups is 1. The van der Waals surface area contributed by atoms with Gasteiger partial charge in [-0.15, -0.1) is 0 Å². The minimum atomic E-state index is -0.582. The summed E-state index contributed by atoms with van der Waals surface area (Å²) in [5.74, 6) is 0. The molecule has 0 aliphatic rings. The molecular weight excluding hydrogens is 356 g/mol. The Morgan fingerprint density at radius 1 is 1.38 bits per heavy atom. The van der Waals surface area contributed by atoms with Gasteiger partial charge in [0, 0.05) is 22.4 Å². The quantitative estimate of drug-likeness (QED) is 0.708. The van der Waals surface area contributed by atoms with Crippen LogP contribution in [0.3, 0.4) is 0 Å². The number of anilines is 2. The topological polar surface area (TPSA) is 80.0 Å². The molecule has 4 N–H and O–H groups in total. The Morgan fingerprint density at radius 3 is 2.67 bits per heavy atom. The molecule has 1 unspecified atom stereocenters. The lowest BCUT2D eigenvalue weighted by atomic mass is 10.1. The third kappa shape index (κ3) is 4.34. The molecule has 2 amide bonds. The molecule has 0 fully saturated rings. The van der Waals surface area contributed by atoms with Gasteiger partial charge in [0.15, 0.2) is 5.15 Å². The molecule has 110 valence electrons. The standard InChI is InChI=1S/C14H14BrClN4O/c1-8(19-12-6-10(15)7-18-13(12)16)9-2-4-11(5-3-9)20-14(17)21/h2-8,19H,1H3,(H3,17,20,21). The van der Waals surface area contributed by atoms with E-state index < -0.39 is 6.03 Å². The van der Waals surface area contributed by atoms with E-state index >= 15 is 0 Å². The van der Waals surface area contributed by atoms with Crippen molar-refractivity contribution in [2.45, 2.75) is 13.0 Å². The fourth-order valence-electron chi connectivity index (χ4n) is 1.84. The Labute approximate surface area is 136 Å². The number of urea groups is 1. The van der Waals surface area contributed by atoms with Crippen molar-refractivity contribution in [3.63, 3.8) is 0 Å². The van der Waals surface area contributed by atoms with E-state index in [9.17, 15) is 4.79 Å². The molecule has 0 radical (unpaired) electrons. The molecule has 5 nitrogen and oxygen atoms in total. The third-order valence-electron chi connectivity index (χ3n) is 2.86. The number of primary amides is 1. The number of amides is 2. The lowest BCUT2D eigenvalue weighted by Gasteiger charge is -2.17. The zero-order valence-electron chi connectivity index (χ0n) is 11.2. The van der Waals surface area contributed by atoms with Crippen molar-refractivity contribution in [1.29, 1.82) is 0 Å². The van der Waals surface area contributed by atoms with Gasteiger partial charge < -0.3 is 16.4 Å². The number of carbonyl (C=O) groups excluding carboxylic acids is 1. The SMILES string of the molecule is CC(Nc1cc(Br)cnc1Cl)c1ccc(NC(N)=O)cc1. The number of nitrogens with one attached hydrogen (secondary N) is 2. The first-order valence-electron chi connectivity index (χ1n) is 6.19. The van der Waals surface area contributed by atoms with Gasteiger partial charge in [-0.3, -0.25) is 0 Å². The molecule has 1 atom stereocenters. The van der Waals surface area contributed by atoms with E-state index in [1.807, 2.05) is 25.1 Å². The Bertz CT molecular complexity index is 648. The first-order chi connectivity index (χ1) is 9.95. The molecule has 0 saturated carbocycles.